The predicted molar refractivity (Wildman–Crippen MR) is 92.5 cm³/mol. The van der Waals surface area contributed by atoms with Crippen LogP contribution in [0.25, 0.3) is 5.65 Å². The van der Waals surface area contributed by atoms with Gasteiger partial charge in [0.15, 0.2) is 5.69 Å². The molecule has 2 N–H and O–H groups in total. The summed E-state index contributed by atoms with van der Waals surface area (Å²) in [7, 11) is 0. The number of hydrogen-bond acceptors (Lipinski definition) is 6. The molecule has 1 aliphatic carbocycles. The Labute approximate surface area is 154 Å². The average Bonchev–Trinajstić information content (AvgIpc) is 3.19. The molecule has 0 radical (unpaired) electrons. The van der Waals surface area contributed by atoms with Crippen LogP contribution in [0, 0.1) is 5.92 Å². The molecule has 27 heavy (non-hydrogen) atoms. The smallest absolute Gasteiger partial charge is 0.358 e. The van der Waals surface area contributed by atoms with Gasteiger partial charge >= 0.3 is 5.97 Å². The second-order valence-electron chi connectivity index (χ2n) is 7.32. The summed E-state index contributed by atoms with van der Waals surface area (Å²) in [5, 5.41) is 27.2. The summed E-state index contributed by atoms with van der Waals surface area (Å²) in [6.45, 7) is 1.43. The molecular formula is C18H19N5O4. The van der Waals surface area contributed by atoms with E-state index < -0.39 is 12.1 Å². The number of pyridine rings is 1. The third-order valence-electron chi connectivity index (χ3n) is 5.21. The van der Waals surface area contributed by atoms with Gasteiger partial charge in [0.25, 0.3) is 0 Å². The molecule has 0 aromatic carbocycles. The van der Waals surface area contributed by atoms with E-state index in [2.05, 4.69) is 27.6 Å². The van der Waals surface area contributed by atoms with Gasteiger partial charge in [-0.1, -0.05) is 5.21 Å². The Kier molecular flexibility index (Phi) is 3.73. The van der Waals surface area contributed by atoms with E-state index in [1.54, 1.807) is 0 Å². The van der Waals surface area contributed by atoms with E-state index in [-0.39, 0.29) is 11.6 Å². The Bertz CT molecular complexity index is 1020. The van der Waals surface area contributed by atoms with Gasteiger partial charge in [-0.25, -0.2) is 14.5 Å². The lowest BCUT2D eigenvalue weighted by Gasteiger charge is -2.31. The van der Waals surface area contributed by atoms with Gasteiger partial charge in [-0.3, -0.25) is 0 Å². The number of hydrogen-bond donors (Lipinski definition) is 2. The number of imidazole rings is 1. The zero-order valence-electron chi connectivity index (χ0n) is 14.5. The fraction of sp³-hybridized carbons (Fsp3) is 0.444. The van der Waals surface area contributed by atoms with Crippen LogP contribution in [0.3, 0.4) is 0 Å². The number of ether oxygens (including phenoxy) is 1. The van der Waals surface area contributed by atoms with Crippen LogP contribution < -0.4 is 0 Å². The van der Waals surface area contributed by atoms with Crippen LogP contribution in [-0.2, 0) is 11.3 Å². The summed E-state index contributed by atoms with van der Waals surface area (Å²) >= 11 is 0. The van der Waals surface area contributed by atoms with Crippen LogP contribution in [0.15, 0.2) is 24.7 Å². The van der Waals surface area contributed by atoms with Gasteiger partial charge in [0.05, 0.1) is 37.8 Å². The lowest BCUT2D eigenvalue weighted by molar-refractivity contribution is -0.0921. The van der Waals surface area contributed by atoms with Crippen molar-refractivity contribution in [1.29, 1.82) is 0 Å². The first-order valence-electron chi connectivity index (χ1n) is 8.99. The molecule has 1 saturated carbocycles. The second-order valence-corrected chi connectivity index (χ2v) is 7.32. The number of carboxylic acids is 1. The van der Waals surface area contributed by atoms with Crippen LogP contribution in [0.5, 0.6) is 0 Å². The molecule has 0 spiro atoms. The number of fused-ring (bicyclic) bond motifs is 1. The van der Waals surface area contributed by atoms with Crippen molar-refractivity contribution < 1.29 is 19.7 Å². The van der Waals surface area contributed by atoms with E-state index in [9.17, 15) is 9.90 Å². The van der Waals surface area contributed by atoms with E-state index in [1.807, 2.05) is 10.6 Å². The van der Waals surface area contributed by atoms with E-state index in [4.69, 9.17) is 9.84 Å². The summed E-state index contributed by atoms with van der Waals surface area (Å²) in [6, 6.07) is 2.07. The van der Waals surface area contributed by atoms with Crippen molar-refractivity contribution in [2.24, 2.45) is 5.92 Å². The minimum Gasteiger partial charge on any atom is -0.476 e. The first-order chi connectivity index (χ1) is 13.1. The number of aromatic nitrogens is 5. The molecule has 0 bridgehead atoms. The Morgan fingerprint density at radius 1 is 1.30 bits per heavy atom. The number of carbonyl (C=O) groups is 1. The fourth-order valence-electron chi connectivity index (χ4n) is 3.46. The normalized spacial score (nSPS) is 18.6. The van der Waals surface area contributed by atoms with Gasteiger partial charge in [-0.05, 0) is 30.4 Å². The maximum absolute atomic E-state index is 11.0. The summed E-state index contributed by atoms with van der Waals surface area (Å²) in [6.07, 6.45) is 7.08. The zero-order valence-corrected chi connectivity index (χ0v) is 14.5. The quantitative estimate of drug-likeness (QED) is 0.671. The van der Waals surface area contributed by atoms with Crippen LogP contribution in [0.2, 0.25) is 0 Å². The van der Waals surface area contributed by atoms with Gasteiger partial charge < -0.3 is 19.4 Å². The Balaban J connectivity index is 1.51. The van der Waals surface area contributed by atoms with Crippen molar-refractivity contribution in [2.75, 3.05) is 13.2 Å². The maximum Gasteiger partial charge on any atom is 0.358 e. The molecule has 140 valence electrons. The number of aliphatic hydroxyl groups excluding tert-OH is 1. The van der Waals surface area contributed by atoms with E-state index in [0.29, 0.717) is 31.3 Å². The summed E-state index contributed by atoms with van der Waals surface area (Å²) in [5.41, 5.74) is 3.38. The van der Waals surface area contributed by atoms with Crippen molar-refractivity contribution >= 4 is 11.6 Å². The van der Waals surface area contributed by atoms with Crippen molar-refractivity contribution in [3.8, 4) is 0 Å². The molecule has 4 heterocycles. The lowest BCUT2D eigenvalue weighted by Crippen LogP contribution is -2.33. The summed E-state index contributed by atoms with van der Waals surface area (Å²) in [5.74, 6) is -0.465. The van der Waals surface area contributed by atoms with Crippen molar-refractivity contribution in [2.45, 2.75) is 31.4 Å². The minimum absolute atomic E-state index is 0.0943. The second kappa shape index (κ2) is 6.14. The first-order valence-corrected chi connectivity index (χ1v) is 8.99. The monoisotopic (exact) mass is 369 g/mol. The molecule has 1 saturated heterocycles. The largest absolute Gasteiger partial charge is 0.476 e. The summed E-state index contributed by atoms with van der Waals surface area (Å²) in [4.78, 5) is 15.6. The highest BCUT2D eigenvalue weighted by Crippen LogP contribution is 2.42. The van der Waals surface area contributed by atoms with Crippen LogP contribution >= 0.6 is 0 Å². The van der Waals surface area contributed by atoms with Crippen LogP contribution in [0.4, 0.5) is 0 Å². The molecule has 2 fully saturated rings. The zero-order chi connectivity index (χ0) is 18.5. The number of aromatic carboxylic acids is 1. The highest BCUT2D eigenvalue weighted by Gasteiger charge is 2.32. The van der Waals surface area contributed by atoms with E-state index in [1.165, 1.54) is 29.3 Å². The molecule has 1 atom stereocenters. The van der Waals surface area contributed by atoms with Crippen molar-refractivity contribution in [3.63, 3.8) is 0 Å². The Morgan fingerprint density at radius 2 is 2.11 bits per heavy atom. The van der Waals surface area contributed by atoms with Crippen LogP contribution in [-0.4, -0.2) is 53.8 Å². The Morgan fingerprint density at radius 3 is 2.74 bits per heavy atom. The first kappa shape index (κ1) is 16.4. The number of aliphatic hydroxyl groups is 1. The van der Waals surface area contributed by atoms with Crippen molar-refractivity contribution in [3.05, 3.63) is 47.2 Å². The number of nitrogens with zero attached hydrogens (tertiary/aromatic N) is 5. The molecule has 3 aromatic heterocycles. The molecule has 1 aliphatic heterocycles. The molecule has 5 rings (SSSR count). The van der Waals surface area contributed by atoms with Gasteiger partial charge in [0.2, 0.25) is 0 Å². The molecule has 2 aliphatic rings. The number of carboxylic acid groups (broad SMARTS) is 1. The highest BCUT2D eigenvalue weighted by molar-refractivity contribution is 5.84. The molecule has 1 unspecified atom stereocenters. The maximum atomic E-state index is 11.0. The minimum atomic E-state index is -1.11. The van der Waals surface area contributed by atoms with Crippen molar-refractivity contribution in [1.82, 2.24) is 24.4 Å². The highest BCUT2D eigenvalue weighted by atomic mass is 16.5. The molecule has 3 aromatic rings. The molecular weight excluding hydrogens is 350 g/mol. The van der Waals surface area contributed by atoms with Gasteiger partial charge in [0, 0.05) is 23.9 Å². The van der Waals surface area contributed by atoms with Gasteiger partial charge in [-0.2, -0.15) is 0 Å². The summed E-state index contributed by atoms with van der Waals surface area (Å²) < 4.78 is 8.63. The molecule has 9 heteroatoms. The fourth-order valence-corrected chi connectivity index (χ4v) is 3.46. The van der Waals surface area contributed by atoms with Gasteiger partial charge in [0.1, 0.15) is 5.65 Å². The van der Waals surface area contributed by atoms with E-state index >= 15 is 0 Å². The third kappa shape index (κ3) is 2.98. The average molecular weight is 369 g/mol. The topological polar surface area (TPSA) is 115 Å². The van der Waals surface area contributed by atoms with E-state index in [0.717, 1.165) is 11.3 Å². The number of rotatable bonds is 6. The van der Waals surface area contributed by atoms with Gasteiger partial charge in [-0.15, -0.1) is 5.10 Å². The predicted octanol–water partition coefficient (Wildman–Crippen LogP) is 1.23. The molecule has 0 amide bonds. The third-order valence-corrected chi connectivity index (χ3v) is 5.21. The SMILES string of the molecule is O=C(O)c1cn(Cc2cn3cc(C4CC4)cc(C(O)C4COC4)c3n2)nn1. The Hall–Kier alpha value is -2.78. The van der Waals surface area contributed by atoms with Crippen LogP contribution in [0.1, 0.15) is 52.2 Å². The molecule has 9 nitrogen and oxygen atoms in total. The standard InChI is InChI=1S/C18H19N5O4/c24-16(12-8-27-9-12)14-3-11(10-1-2-10)4-22-5-13(19-17(14)22)6-23-7-15(18(25)26)20-21-23/h3-5,7,10,12,16,24H,1-2,6,8-9H2,(H,25,26). The lowest BCUT2D eigenvalue weighted by atomic mass is 9.93.